The van der Waals surface area contributed by atoms with Gasteiger partial charge in [-0.3, -0.25) is 4.79 Å². The molecule has 0 aliphatic rings. The normalized spacial score (nSPS) is 10.8. The smallest absolute Gasteiger partial charge is 0.255 e. The zero-order chi connectivity index (χ0) is 18.1. The summed E-state index contributed by atoms with van der Waals surface area (Å²) in [5.74, 6) is 0.409. The molecule has 128 valence electrons. The molecular formula is C21H15BrN2O2. The summed E-state index contributed by atoms with van der Waals surface area (Å²) in [6, 6.07) is 20.6. The SMILES string of the molecule is Cc1ccc2oc(-c3ccc(NC(=O)c4cccc(Br)c4)cc3)nc2c1. The van der Waals surface area contributed by atoms with Crippen molar-refractivity contribution in [1.82, 2.24) is 4.98 Å². The zero-order valence-electron chi connectivity index (χ0n) is 14.0. The molecule has 4 nitrogen and oxygen atoms in total. The van der Waals surface area contributed by atoms with Crippen LogP contribution in [0.15, 0.2) is 75.6 Å². The number of carbonyl (C=O) groups is 1. The van der Waals surface area contributed by atoms with Gasteiger partial charge in [-0.1, -0.05) is 28.1 Å². The Bertz CT molecular complexity index is 1100. The fourth-order valence-electron chi connectivity index (χ4n) is 2.69. The number of hydrogen-bond donors (Lipinski definition) is 1. The molecule has 0 saturated heterocycles. The second kappa shape index (κ2) is 6.77. The van der Waals surface area contributed by atoms with Gasteiger partial charge in [0.05, 0.1) is 0 Å². The second-order valence-corrected chi connectivity index (χ2v) is 6.95. The van der Waals surface area contributed by atoms with E-state index >= 15 is 0 Å². The van der Waals surface area contributed by atoms with Crippen LogP contribution in [0.3, 0.4) is 0 Å². The molecule has 0 aliphatic carbocycles. The van der Waals surface area contributed by atoms with Crippen LogP contribution in [-0.2, 0) is 0 Å². The molecule has 1 N–H and O–H groups in total. The molecule has 0 aliphatic heterocycles. The number of carbonyl (C=O) groups excluding carboxylic acids is 1. The number of rotatable bonds is 3. The molecule has 1 heterocycles. The van der Waals surface area contributed by atoms with Crippen molar-refractivity contribution in [3.63, 3.8) is 0 Å². The van der Waals surface area contributed by atoms with Crippen molar-refractivity contribution in [3.8, 4) is 11.5 Å². The van der Waals surface area contributed by atoms with E-state index in [0.717, 1.165) is 26.7 Å². The lowest BCUT2D eigenvalue weighted by atomic mass is 10.2. The van der Waals surface area contributed by atoms with Gasteiger partial charge >= 0.3 is 0 Å². The third-order valence-electron chi connectivity index (χ3n) is 4.02. The van der Waals surface area contributed by atoms with E-state index in [1.54, 1.807) is 12.1 Å². The van der Waals surface area contributed by atoms with Gasteiger partial charge in [-0.15, -0.1) is 0 Å². The van der Waals surface area contributed by atoms with Crippen LogP contribution in [0.4, 0.5) is 5.69 Å². The van der Waals surface area contributed by atoms with Crippen molar-refractivity contribution < 1.29 is 9.21 Å². The summed E-state index contributed by atoms with van der Waals surface area (Å²) in [6.07, 6.45) is 0. The van der Waals surface area contributed by atoms with Crippen molar-refractivity contribution >= 4 is 38.6 Å². The fourth-order valence-corrected chi connectivity index (χ4v) is 3.09. The van der Waals surface area contributed by atoms with Crippen molar-refractivity contribution in [2.45, 2.75) is 6.92 Å². The number of benzene rings is 3. The third kappa shape index (κ3) is 3.39. The standard InChI is InChI=1S/C21H15BrN2O2/c1-13-5-10-19-18(11-13)24-21(26-19)14-6-8-17(9-7-14)23-20(25)15-3-2-4-16(22)12-15/h2-12H,1H3,(H,23,25). The Hall–Kier alpha value is -2.92. The van der Waals surface area contributed by atoms with Gasteiger partial charge in [0, 0.05) is 21.3 Å². The highest BCUT2D eigenvalue weighted by Crippen LogP contribution is 2.26. The third-order valence-corrected chi connectivity index (χ3v) is 4.51. The number of oxazole rings is 1. The zero-order valence-corrected chi connectivity index (χ0v) is 15.6. The van der Waals surface area contributed by atoms with Crippen LogP contribution < -0.4 is 5.32 Å². The predicted molar refractivity (Wildman–Crippen MR) is 106 cm³/mol. The Morgan fingerprint density at radius 2 is 1.85 bits per heavy atom. The summed E-state index contributed by atoms with van der Waals surface area (Å²) in [6.45, 7) is 2.02. The molecular weight excluding hydrogens is 392 g/mol. The second-order valence-electron chi connectivity index (χ2n) is 6.03. The molecule has 1 amide bonds. The molecule has 0 spiro atoms. The molecule has 0 saturated carbocycles. The number of nitrogens with zero attached hydrogens (tertiary/aromatic N) is 1. The maximum Gasteiger partial charge on any atom is 0.255 e. The van der Waals surface area contributed by atoms with E-state index in [0.29, 0.717) is 17.1 Å². The molecule has 0 atom stereocenters. The topological polar surface area (TPSA) is 55.1 Å². The van der Waals surface area contributed by atoms with Gasteiger partial charge in [0.2, 0.25) is 5.89 Å². The average molecular weight is 407 g/mol. The number of fused-ring (bicyclic) bond motifs is 1. The van der Waals surface area contributed by atoms with Crippen LogP contribution >= 0.6 is 15.9 Å². The molecule has 26 heavy (non-hydrogen) atoms. The summed E-state index contributed by atoms with van der Waals surface area (Å²) in [7, 11) is 0. The first-order valence-electron chi connectivity index (χ1n) is 8.13. The van der Waals surface area contributed by atoms with Gasteiger partial charge < -0.3 is 9.73 Å². The van der Waals surface area contributed by atoms with E-state index in [4.69, 9.17) is 4.42 Å². The maximum absolute atomic E-state index is 12.3. The minimum Gasteiger partial charge on any atom is -0.436 e. The summed E-state index contributed by atoms with van der Waals surface area (Å²) >= 11 is 3.37. The number of nitrogens with one attached hydrogen (secondary N) is 1. The first-order valence-corrected chi connectivity index (χ1v) is 8.92. The monoisotopic (exact) mass is 406 g/mol. The molecule has 0 fully saturated rings. The van der Waals surface area contributed by atoms with E-state index in [2.05, 4.69) is 26.2 Å². The van der Waals surface area contributed by atoms with E-state index in [-0.39, 0.29) is 5.91 Å². The van der Waals surface area contributed by atoms with Crippen LogP contribution in [0.5, 0.6) is 0 Å². The minimum atomic E-state index is -0.156. The van der Waals surface area contributed by atoms with Crippen molar-refractivity contribution in [2.75, 3.05) is 5.32 Å². The van der Waals surface area contributed by atoms with E-state index in [1.807, 2.05) is 61.5 Å². The van der Waals surface area contributed by atoms with Crippen molar-refractivity contribution in [2.24, 2.45) is 0 Å². The van der Waals surface area contributed by atoms with Crippen molar-refractivity contribution in [3.05, 3.63) is 82.3 Å². The molecule has 3 aromatic carbocycles. The van der Waals surface area contributed by atoms with Crippen LogP contribution in [0.25, 0.3) is 22.6 Å². The highest BCUT2D eigenvalue weighted by atomic mass is 79.9. The van der Waals surface area contributed by atoms with Crippen LogP contribution in [0.1, 0.15) is 15.9 Å². The highest BCUT2D eigenvalue weighted by molar-refractivity contribution is 9.10. The summed E-state index contributed by atoms with van der Waals surface area (Å²) in [5.41, 5.74) is 4.91. The Balaban J connectivity index is 1.55. The molecule has 1 aromatic heterocycles. The van der Waals surface area contributed by atoms with Gasteiger partial charge in [-0.2, -0.15) is 0 Å². The van der Waals surface area contributed by atoms with Gasteiger partial charge in [-0.25, -0.2) is 4.98 Å². The van der Waals surface area contributed by atoms with Crippen molar-refractivity contribution in [1.29, 1.82) is 0 Å². The van der Waals surface area contributed by atoms with Gasteiger partial charge in [0.15, 0.2) is 5.58 Å². The summed E-state index contributed by atoms with van der Waals surface area (Å²) in [5, 5.41) is 2.89. The molecule has 4 aromatic rings. The van der Waals surface area contributed by atoms with Gasteiger partial charge in [0.25, 0.3) is 5.91 Å². The number of halogens is 1. The molecule has 0 radical (unpaired) electrons. The first-order chi connectivity index (χ1) is 12.6. The molecule has 4 rings (SSSR count). The molecule has 5 heteroatoms. The maximum atomic E-state index is 12.3. The van der Waals surface area contributed by atoms with E-state index in [1.165, 1.54) is 0 Å². The van der Waals surface area contributed by atoms with Gasteiger partial charge in [-0.05, 0) is 67.1 Å². The fraction of sp³-hybridized carbons (Fsp3) is 0.0476. The van der Waals surface area contributed by atoms with Gasteiger partial charge in [0.1, 0.15) is 5.52 Å². The quantitative estimate of drug-likeness (QED) is 0.466. The average Bonchev–Trinajstić information content (AvgIpc) is 3.05. The Morgan fingerprint density at radius 3 is 2.62 bits per heavy atom. The van der Waals surface area contributed by atoms with E-state index < -0.39 is 0 Å². The number of anilines is 1. The minimum absolute atomic E-state index is 0.156. The van der Waals surface area contributed by atoms with Crippen LogP contribution in [0, 0.1) is 6.92 Å². The number of amides is 1. The Kier molecular flexibility index (Phi) is 4.31. The first kappa shape index (κ1) is 16.5. The Labute approximate surface area is 159 Å². The summed E-state index contributed by atoms with van der Waals surface area (Å²) < 4.78 is 6.68. The number of aromatic nitrogens is 1. The van der Waals surface area contributed by atoms with E-state index in [9.17, 15) is 4.79 Å². The largest absolute Gasteiger partial charge is 0.436 e. The molecule has 0 bridgehead atoms. The lowest BCUT2D eigenvalue weighted by molar-refractivity contribution is 0.102. The lowest BCUT2D eigenvalue weighted by Gasteiger charge is -2.06. The van der Waals surface area contributed by atoms with Crippen LogP contribution in [-0.4, -0.2) is 10.9 Å². The Morgan fingerprint density at radius 1 is 1.04 bits per heavy atom. The molecule has 0 unspecified atom stereocenters. The summed E-state index contributed by atoms with van der Waals surface area (Å²) in [4.78, 5) is 16.8. The predicted octanol–water partition coefficient (Wildman–Crippen LogP) is 5.82. The lowest BCUT2D eigenvalue weighted by Crippen LogP contribution is -2.11. The number of hydrogen-bond acceptors (Lipinski definition) is 3. The highest BCUT2D eigenvalue weighted by Gasteiger charge is 2.10. The van der Waals surface area contributed by atoms with Crippen LogP contribution in [0.2, 0.25) is 0 Å². The number of aryl methyl sites for hydroxylation is 1.